The van der Waals surface area contributed by atoms with Crippen molar-refractivity contribution in [2.24, 2.45) is 0 Å². The van der Waals surface area contributed by atoms with Crippen LogP contribution in [0.1, 0.15) is 28.8 Å². The Bertz CT molecular complexity index is 493. The third-order valence-corrected chi connectivity index (χ3v) is 3.26. The lowest BCUT2D eigenvalue weighted by atomic mass is 10.1. The fraction of sp³-hybridized carbons (Fsp3) is 0.429. The average molecular weight is 262 g/mol. The molecule has 1 saturated heterocycles. The number of carbonyl (C=O) groups is 2. The number of hydrogen-bond donors (Lipinski definition) is 2. The van der Waals surface area contributed by atoms with E-state index in [1.807, 2.05) is 6.92 Å². The first kappa shape index (κ1) is 13.4. The van der Waals surface area contributed by atoms with Crippen LogP contribution in [-0.4, -0.2) is 41.5 Å². The summed E-state index contributed by atoms with van der Waals surface area (Å²) in [5.41, 5.74) is 1.07. The molecule has 1 heterocycles. The normalized spacial score (nSPS) is 14.5. The van der Waals surface area contributed by atoms with Gasteiger partial charge in [0.15, 0.2) is 0 Å². The first-order valence-corrected chi connectivity index (χ1v) is 6.43. The molecule has 0 saturated carbocycles. The molecule has 0 aliphatic carbocycles. The Balaban J connectivity index is 1.92. The topological polar surface area (TPSA) is 69.6 Å². The SMILES string of the molecule is Cc1ccc(C(=O)NCC(=O)N2CCCC2)c(O)c1. The highest BCUT2D eigenvalue weighted by Gasteiger charge is 2.19. The number of benzene rings is 1. The molecular weight excluding hydrogens is 244 g/mol. The largest absolute Gasteiger partial charge is 0.507 e. The van der Waals surface area contributed by atoms with E-state index >= 15 is 0 Å². The van der Waals surface area contributed by atoms with E-state index < -0.39 is 5.91 Å². The van der Waals surface area contributed by atoms with Gasteiger partial charge in [-0.3, -0.25) is 9.59 Å². The van der Waals surface area contributed by atoms with Gasteiger partial charge in [0.05, 0.1) is 12.1 Å². The van der Waals surface area contributed by atoms with Crippen LogP contribution in [0.25, 0.3) is 0 Å². The predicted molar refractivity (Wildman–Crippen MR) is 71.0 cm³/mol. The lowest BCUT2D eigenvalue weighted by molar-refractivity contribution is -0.129. The van der Waals surface area contributed by atoms with Crippen molar-refractivity contribution in [2.75, 3.05) is 19.6 Å². The number of hydrogen-bond acceptors (Lipinski definition) is 3. The van der Waals surface area contributed by atoms with E-state index in [0.717, 1.165) is 31.5 Å². The number of rotatable bonds is 3. The first-order chi connectivity index (χ1) is 9.08. The average Bonchev–Trinajstić information content (AvgIpc) is 2.89. The van der Waals surface area contributed by atoms with Crippen molar-refractivity contribution in [3.63, 3.8) is 0 Å². The number of phenolic OH excluding ortho intramolecular Hbond substituents is 1. The van der Waals surface area contributed by atoms with E-state index in [4.69, 9.17) is 0 Å². The molecule has 0 unspecified atom stereocenters. The van der Waals surface area contributed by atoms with Gasteiger partial charge in [-0.2, -0.15) is 0 Å². The summed E-state index contributed by atoms with van der Waals surface area (Å²) in [6.45, 7) is 3.35. The second-order valence-electron chi connectivity index (χ2n) is 4.79. The van der Waals surface area contributed by atoms with Gasteiger partial charge in [-0.1, -0.05) is 6.07 Å². The van der Waals surface area contributed by atoms with E-state index in [2.05, 4.69) is 5.32 Å². The first-order valence-electron chi connectivity index (χ1n) is 6.43. The Hall–Kier alpha value is -2.04. The highest BCUT2D eigenvalue weighted by Crippen LogP contribution is 2.18. The van der Waals surface area contributed by atoms with E-state index in [1.165, 1.54) is 6.07 Å². The maximum atomic E-state index is 11.9. The molecule has 1 aliphatic heterocycles. The van der Waals surface area contributed by atoms with Crippen molar-refractivity contribution in [1.29, 1.82) is 0 Å². The highest BCUT2D eigenvalue weighted by molar-refractivity contribution is 5.98. The number of phenols is 1. The second-order valence-corrected chi connectivity index (χ2v) is 4.79. The van der Waals surface area contributed by atoms with E-state index in [1.54, 1.807) is 17.0 Å². The van der Waals surface area contributed by atoms with Crippen LogP contribution in [0.4, 0.5) is 0 Å². The zero-order valence-corrected chi connectivity index (χ0v) is 11.0. The number of aromatic hydroxyl groups is 1. The molecule has 19 heavy (non-hydrogen) atoms. The Morgan fingerprint density at radius 2 is 2.00 bits per heavy atom. The zero-order chi connectivity index (χ0) is 13.8. The zero-order valence-electron chi connectivity index (χ0n) is 11.0. The summed E-state index contributed by atoms with van der Waals surface area (Å²) in [4.78, 5) is 25.4. The molecule has 2 rings (SSSR count). The number of nitrogens with zero attached hydrogens (tertiary/aromatic N) is 1. The lowest BCUT2D eigenvalue weighted by Crippen LogP contribution is -2.38. The third kappa shape index (κ3) is 3.24. The molecule has 1 aromatic carbocycles. The van der Waals surface area contributed by atoms with Crippen LogP contribution in [0.5, 0.6) is 5.75 Å². The Morgan fingerprint density at radius 1 is 1.32 bits per heavy atom. The number of aryl methyl sites for hydroxylation is 1. The Morgan fingerprint density at radius 3 is 2.63 bits per heavy atom. The molecule has 2 amide bonds. The summed E-state index contributed by atoms with van der Waals surface area (Å²) >= 11 is 0. The number of likely N-dealkylation sites (tertiary alicyclic amines) is 1. The van der Waals surface area contributed by atoms with Crippen LogP contribution in [0.3, 0.4) is 0 Å². The molecule has 0 atom stereocenters. The van der Waals surface area contributed by atoms with Crippen LogP contribution in [0.2, 0.25) is 0 Å². The number of amides is 2. The minimum absolute atomic E-state index is 0.0217. The molecular formula is C14H18N2O3. The molecule has 0 spiro atoms. The van der Waals surface area contributed by atoms with Crippen molar-refractivity contribution in [3.8, 4) is 5.75 Å². The highest BCUT2D eigenvalue weighted by atomic mass is 16.3. The second kappa shape index (κ2) is 5.73. The van der Waals surface area contributed by atoms with E-state index in [0.29, 0.717) is 0 Å². The van der Waals surface area contributed by atoms with Crippen molar-refractivity contribution in [3.05, 3.63) is 29.3 Å². The molecule has 0 bridgehead atoms. The van der Waals surface area contributed by atoms with Gasteiger partial charge in [-0.25, -0.2) is 0 Å². The van der Waals surface area contributed by atoms with Gasteiger partial charge in [-0.15, -0.1) is 0 Å². The molecule has 0 radical (unpaired) electrons. The summed E-state index contributed by atoms with van der Waals surface area (Å²) in [5, 5.41) is 12.2. The summed E-state index contributed by atoms with van der Waals surface area (Å²) in [6.07, 6.45) is 2.05. The van der Waals surface area contributed by atoms with Gasteiger partial charge in [0, 0.05) is 13.1 Å². The van der Waals surface area contributed by atoms with Gasteiger partial charge in [-0.05, 0) is 37.5 Å². The van der Waals surface area contributed by atoms with Gasteiger partial charge in [0.2, 0.25) is 5.91 Å². The minimum atomic E-state index is -0.426. The summed E-state index contributed by atoms with van der Waals surface area (Å²) in [7, 11) is 0. The standard InChI is InChI=1S/C14H18N2O3/c1-10-4-5-11(12(17)8-10)14(19)15-9-13(18)16-6-2-3-7-16/h4-5,8,17H,2-3,6-7,9H2,1H3,(H,15,19). The van der Waals surface area contributed by atoms with Crippen LogP contribution >= 0.6 is 0 Å². The lowest BCUT2D eigenvalue weighted by Gasteiger charge is -2.15. The Kier molecular flexibility index (Phi) is 4.04. The van der Waals surface area contributed by atoms with Crippen LogP contribution in [0, 0.1) is 6.92 Å². The van der Waals surface area contributed by atoms with Gasteiger partial charge >= 0.3 is 0 Å². The number of nitrogens with one attached hydrogen (secondary N) is 1. The van der Waals surface area contributed by atoms with Crippen LogP contribution in [0.15, 0.2) is 18.2 Å². The van der Waals surface area contributed by atoms with Gasteiger partial charge in [0.25, 0.3) is 5.91 Å². The quantitative estimate of drug-likeness (QED) is 0.855. The molecule has 102 valence electrons. The monoisotopic (exact) mass is 262 g/mol. The van der Waals surface area contributed by atoms with Crippen LogP contribution < -0.4 is 5.32 Å². The van der Waals surface area contributed by atoms with Crippen molar-refractivity contribution in [2.45, 2.75) is 19.8 Å². The fourth-order valence-electron chi connectivity index (χ4n) is 2.16. The van der Waals surface area contributed by atoms with Gasteiger partial charge in [0.1, 0.15) is 5.75 Å². The maximum absolute atomic E-state index is 11.9. The fourth-order valence-corrected chi connectivity index (χ4v) is 2.16. The summed E-state index contributed by atoms with van der Waals surface area (Å²) in [6, 6.07) is 4.83. The molecule has 1 aromatic rings. The smallest absolute Gasteiger partial charge is 0.255 e. The molecule has 1 aliphatic rings. The molecule has 5 nitrogen and oxygen atoms in total. The Labute approximate surface area is 112 Å². The van der Waals surface area contributed by atoms with Crippen molar-refractivity contribution in [1.82, 2.24) is 10.2 Å². The predicted octanol–water partition coefficient (Wildman–Crippen LogP) is 1.05. The van der Waals surface area contributed by atoms with Gasteiger partial charge < -0.3 is 15.3 Å². The molecule has 1 fully saturated rings. The number of carbonyl (C=O) groups excluding carboxylic acids is 2. The van der Waals surface area contributed by atoms with Crippen molar-refractivity contribution >= 4 is 11.8 Å². The molecule has 2 N–H and O–H groups in total. The van der Waals surface area contributed by atoms with Crippen molar-refractivity contribution < 1.29 is 14.7 Å². The molecule has 0 aromatic heterocycles. The minimum Gasteiger partial charge on any atom is -0.507 e. The maximum Gasteiger partial charge on any atom is 0.255 e. The summed E-state index contributed by atoms with van der Waals surface area (Å²) < 4.78 is 0. The van der Waals surface area contributed by atoms with E-state index in [9.17, 15) is 14.7 Å². The van der Waals surface area contributed by atoms with Crippen LogP contribution in [-0.2, 0) is 4.79 Å². The third-order valence-electron chi connectivity index (χ3n) is 3.26. The summed E-state index contributed by atoms with van der Waals surface area (Å²) in [5.74, 6) is -0.561. The molecule has 5 heteroatoms. The van der Waals surface area contributed by atoms with E-state index in [-0.39, 0.29) is 23.8 Å².